The third kappa shape index (κ3) is 4.35. The van der Waals surface area contributed by atoms with Crippen molar-refractivity contribution in [3.63, 3.8) is 0 Å². The van der Waals surface area contributed by atoms with Crippen LogP contribution in [0.3, 0.4) is 0 Å². The molecule has 0 aliphatic heterocycles. The fraction of sp³-hybridized carbons (Fsp3) is 0.333. The minimum atomic E-state index is 0.101. The molecule has 1 aliphatic rings. The SMILES string of the molecule is C=NC/C=C\C(=NC)C1=CC=CC(C)(C)C=C1. The predicted molar refractivity (Wildman–Crippen MR) is 77.1 cm³/mol. The van der Waals surface area contributed by atoms with E-state index in [-0.39, 0.29) is 5.41 Å². The van der Waals surface area contributed by atoms with E-state index in [4.69, 9.17) is 0 Å². The highest BCUT2D eigenvalue weighted by Crippen LogP contribution is 2.23. The number of aliphatic imine (C=N–C) groups is 2. The second kappa shape index (κ2) is 6.14. The van der Waals surface area contributed by atoms with Crippen LogP contribution in [0.1, 0.15) is 13.8 Å². The lowest BCUT2D eigenvalue weighted by Gasteiger charge is -2.12. The molecule has 1 aliphatic carbocycles. The first-order chi connectivity index (χ1) is 8.09. The molecule has 0 fully saturated rings. The fourth-order valence-corrected chi connectivity index (χ4v) is 1.52. The fourth-order valence-electron chi connectivity index (χ4n) is 1.52. The van der Waals surface area contributed by atoms with Crippen molar-refractivity contribution in [3.05, 3.63) is 48.1 Å². The summed E-state index contributed by atoms with van der Waals surface area (Å²) >= 11 is 0. The summed E-state index contributed by atoms with van der Waals surface area (Å²) in [6.45, 7) is 8.43. The van der Waals surface area contributed by atoms with Crippen molar-refractivity contribution < 1.29 is 0 Å². The first-order valence-corrected chi connectivity index (χ1v) is 5.74. The van der Waals surface area contributed by atoms with Gasteiger partial charge in [-0.1, -0.05) is 50.3 Å². The van der Waals surface area contributed by atoms with Gasteiger partial charge in [-0.15, -0.1) is 0 Å². The highest BCUT2D eigenvalue weighted by Gasteiger charge is 2.11. The number of nitrogens with zero attached hydrogens (tertiary/aromatic N) is 2. The van der Waals surface area contributed by atoms with Crippen LogP contribution >= 0.6 is 0 Å². The number of rotatable bonds is 4. The Morgan fingerprint density at radius 2 is 2.18 bits per heavy atom. The third-order valence-electron chi connectivity index (χ3n) is 2.54. The maximum absolute atomic E-state index is 4.29. The van der Waals surface area contributed by atoms with E-state index in [0.29, 0.717) is 6.54 Å². The van der Waals surface area contributed by atoms with E-state index in [1.54, 1.807) is 7.05 Å². The lowest BCUT2D eigenvalue weighted by molar-refractivity contribution is 0.627. The monoisotopic (exact) mass is 228 g/mol. The van der Waals surface area contributed by atoms with Gasteiger partial charge in [0.25, 0.3) is 0 Å². The largest absolute Gasteiger partial charge is 0.297 e. The normalized spacial score (nSPS) is 19.2. The van der Waals surface area contributed by atoms with Crippen molar-refractivity contribution in [2.24, 2.45) is 15.4 Å². The predicted octanol–water partition coefficient (Wildman–Crippen LogP) is 3.39. The van der Waals surface area contributed by atoms with Crippen LogP contribution in [-0.2, 0) is 0 Å². The van der Waals surface area contributed by atoms with E-state index in [1.807, 2.05) is 12.2 Å². The van der Waals surface area contributed by atoms with Gasteiger partial charge in [-0.2, -0.15) is 0 Å². The molecule has 17 heavy (non-hydrogen) atoms. The van der Waals surface area contributed by atoms with E-state index < -0.39 is 0 Å². The standard InChI is InChI=1S/C15H20N2/c1-15(2)10-5-7-13(9-11-15)14(17-4)8-6-12-16-3/h5-11H,3,12H2,1-2,4H3/b8-6-,17-14?. The first kappa shape index (κ1) is 13.4. The molecular weight excluding hydrogens is 208 g/mol. The summed E-state index contributed by atoms with van der Waals surface area (Å²) in [5, 5.41) is 0. The van der Waals surface area contributed by atoms with Crippen molar-refractivity contribution in [1.29, 1.82) is 0 Å². The molecule has 0 bridgehead atoms. The minimum absolute atomic E-state index is 0.101. The summed E-state index contributed by atoms with van der Waals surface area (Å²) in [5.74, 6) is 0. The molecule has 0 spiro atoms. The van der Waals surface area contributed by atoms with Gasteiger partial charge in [-0.25, -0.2) is 0 Å². The average molecular weight is 228 g/mol. The Hall–Kier alpha value is -1.70. The van der Waals surface area contributed by atoms with Gasteiger partial charge in [0.1, 0.15) is 0 Å². The Labute approximate surface area is 104 Å². The van der Waals surface area contributed by atoms with Crippen LogP contribution in [0.5, 0.6) is 0 Å². The molecule has 1 rings (SSSR count). The lowest BCUT2D eigenvalue weighted by Crippen LogP contribution is -2.01. The Balaban J connectivity index is 2.89. The number of hydrogen-bond acceptors (Lipinski definition) is 2. The van der Waals surface area contributed by atoms with Crippen LogP contribution in [0, 0.1) is 5.41 Å². The Bertz CT molecular complexity index is 418. The van der Waals surface area contributed by atoms with E-state index in [0.717, 1.165) is 11.3 Å². The molecule has 0 unspecified atom stereocenters. The summed E-state index contributed by atoms with van der Waals surface area (Å²) in [4.78, 5) is 8.07. The van der Waals surface area contributed by atoms with Gasteiger partial charge in [0.2, 0.25) is 0 Å². The van der Waals surface area contributed by atoms with E-state index >= 15 is 0 Å². The van der Waals surface area contributed by atoms with Crippen molar-refractivity contribution in [1.82, 2.24) is 0 Å². The molecule has 0 aromatic heterocycles. The maximum atomic E-state index is 4.29. The molecule has 0 heterocycles. The van der Waals surface area contributed by atoms with Crippen LogP contribution in [0.2, 0.25) is 0 Å². The molecule has 0 atom stereocenters. The van der Waals surface area contributed by atoms with Gasteiger partial charge in [0, 0.05) is 12.5 Å². The molecule has 0 aromatic carbocycles. The quantitative estimate of drug-likeness (QED) is 0.659. The van der Waals surface area contributed by atoms with Crippen LogP contribution in [0.15, 0.2) is 58.1 Å². The summed E-state index contributed by atoms with van der Waals surface area (Å²) < 4.78 is 0. The second-order valence-electron chi connectivity index (χ2n) is 4.55. The highest BCUT2D eigenvalue weighted by molar-refractivity contribution is 6.10. The Kier molecular flexibility index (Phi) is 4.83. The number of allylic oxidation sites excluding steroid dienone is 7. The zero-order valence-corrected chi connectivity index (χ0v) is 10.9. The Morgan fingerprint density at radius 3 is 2.82 bits per heavy atom. The smallest absolute Gasteiger partial charge is 0.0640 e. The van der Waals surface area contributed by atoms with Crippen molar-refractivity contribution in [3.8, 4) is 0 Å². The number of hydrogen-bond donors (Lipinski definition) is 0. The van der Waals surface area contributed by atoms with Gasteiger partial charge in [0.05, 0.1) is 12.3 Å². The molecule has 2 nitrogen and oxygen atoms in total. The minimum Gasteiger partial charge on any atom is -0.297 e. The van der Waals surface area contributed by atoms with Gasteiger partial charge in [-0.3, -0.25) is 9.98 Å². The summed E-state index contributed by atoms with van der Waals surface area (Å²) in [6.07, 6.45) is 14.6. The molecule has 0 amide bonds. The molecular formula is C15H20N2. The summed E-state index contributed by atoms with van der Waals surface area (Å²) in [5.41, 5.74) is 2.19. The van der Waals surface area contributed by atoms with E-state index in [1.165, 1.54) is 0 Å². The van der Waals surface area contributed by atoms with Crippen LogP contribution in [-0.4, -0.2) is 26.0 Å². The second-order valence-corrected chi connectivity index (χ2v) is 4.55. The van der Waals surface area contributed by atoms with Crippen LogP contribution in [0.4, 0.5) is 0 Å². The van der Waals surface area contributed by atoms with Gasteiger partial charge in [-0.05, 0) is 18.4 Å². The van der Waals surface area contributed by atoms with Crippen molar-refractivity contribution in [2.45, 2.75) is 13.8 Å². The van der Waals surface area contributed by atoms with E-state index in [9.17, 15) is 0 Å². The van der Waals surface area contributed by atoms with Crippen molar-refractivity contribution in [2.75, 3.05) is 13.6 Å². The molecule has 0 radical (unpaired) electrons. The summed E-state index contributed by atoms with van der Waals surface area (Å²) in [6, 6.07) is 0. The Morgan fingerprint density at radius 1 is 1.41 bits per heavy atom. The third-order valence-corrected chi connectivity index (χ3v) is 2.54. The zero-order valence-electron chi connectivity index (χ0n) is 10.9. The molecule has 0 aromatic rings. The van der Waals surface area contributed by atoms with Crippen molar-refractivity contribution >= 4 is 12.4 Å². The molecule has 90 valence electrons. The van der Waals surface area contributed by atoms with Crippen LogP contribution < -0.4 is 0 Å². The van der Waals surface area contributed by atoms with Gasteiger partial charge in [0.15, 0.2) is 0 Å². The first-order valence-electron chi connectivity index (χ1n) is 5.74. The average Bonchev–Trinajstić information content (AvgIpc) is 2.46. The highest BCUT2D eigenvalue weighted by atomic mass is 14.7. The van der Waals surface area contributed by atoms with E-state index in [2.05, 4.69) is 60.9 Å². The topological polar surface area (TPSA) is 24.7 Å². The van der Waals surface area contributed by atoms with Crippen LogP contribution in [0.25, 0.3) is 0 Å². The molecule has 0 N–H and O–H groups in total. The molecule has 2 heteroatoms. The lowest BCUT2D eigenvalue weighted by atomic mass is 9.93. The zero-order chi connectivity index (χ0) is 12.7. The molecule has 0 saturated carbocycles. The molecule has 0 saturated heterocycles. The summed E-state index contributed by atoms with van der Waals surface area (Å²) in [7, 11) is 1.80. The van der Waals surface area contributed by atoms with Gasteiger partial charge < -0.3 is 0 Å². The van der Waals surface area contributed by atoms with Gasteiger partial charge >= 0.3 is 0 Å². The maximum Gasteiger partial charge on any atom is 0.0640 e.